The van der Waals surface area contributed by atoms with E-state index in [1.54, 1.807) is 36.4 Å². The summed E-state index contributed by atoms with van der Waals surface area (Å²) in [4.78, 5) is 14.9. The molecule has 1 aliphatic heterocycles. The number of anilines is 1. The van der Waals surface area contributed by atoms with Crippen LogP contribution in [0.15, 0.2) is 59.5 Å². The number of rotatable bonds is 3. The fourth-order valence-electron chi connectivity index (χ4n) is 3.52. The van der Waals surface area contributed by atoms with Crippen LogP contribution in [0.4, 0.5) is 10.5 Å². The first-order valence-corrected chi connectivity index (χ1v) is 11.2. The Kier molecular flexibility index (Phi) is 4.96. The minimum Gasteiger partial charge on any atom is -0.465 e. The van der Waals surface area contributed by atoms with Crippen molar-refractivity contribution in [3.05, 3.63) is 58.3 Å². The second-order valence-electron chi connectivity index (χ2n) is 6.52. The molecule has 3 aromatic rings. The molecule has 1 aliphatic rings. The van der Waals surface area contributed by atoms with Gasteiger partial charge in [-0.25, -0.2) is 17.2 Å². The quantitative estimate of drug-likeness (QED) is 0.546. The van der Waals surface area contributed by atoms with Crippen molar-refractivity contribution in [1.29, 1.82) is 0 Å². The summed E-state index contributed by atoms with van der Waals surface area (Å²) in [6.45, 7) is 1.98. The van der Waals surface area contributed by atoms with E-state index in [9.17, 15) is 13.2 Å². The molecule has 0 spiro atoms. The Morgan fingerprint density at radius 1 is 0.964 bits per heavy atom. The first kappa shape index (κ1) is 19.1. The number of carboxylic acid groups (broad SMARTS) is 1. The first-order chi connectivity index (χ1) is 13.4. The zero-order valence-electron chi connectivity index (χ0n) is 14.8. The number of halogens is 1. The van der Waals surface area contributed by atoms with Crippen LogP contribution in [-0.4, -0.2) is 54.7 Å². The van der Waals surface area contributed by atoms with Crippen molar-refractivity contribution in [2.24, 2.45) is 0 Å². The molecule has 4 rings (SSSR count). The van der Waals surface area contributed by atoms with E-state index in [-0.39, 0.29) is 4.90 Å². The summed E-state index contributed by atoms with van der Waals surface area (Å²) in [7, 11) is -3.72. The van der Waals surface area contributed by atoms with Gasteiger partial charge in [0, 0.05) is 37.3 Å². The molecule has 28 heavy (non-hydrogen) atoms. The summed E-state index contributed by atoms with van der Waals surface area (Å²) < 4.78 is 28.4. The number of fused-ring (bicyclic) bond motifs is 1. The van der Waals surface area contributed by atoms with E-state index < -0.39 is 16.1 Å². The summed E-state index contributed by atoms with van der Waals surface area (Å²) in [6, 6.07) is 15.8. The van der Waals surface area contributed by atoms with Crippen molar-refractivity contribution in [3.8, 4) is 0 Å². The van der Waals surface area contributed by atoms with Crippen LogP contribution in [0.25, 0.3) is 10.9 Å². The van der Waals surface area contributed by atoms with E-state index in [1.807, 2.05) is 40.8 Å². The largest absolute Gasteiger partial charge is 0.465 e. The molecule has 1 amide bonds. The highest BCUT2D eigenvalue weighted by Crippen LogP contribution is 2.33. The van der Waals surface area contributed by atoms with Gasteiger partial charge >= 0.3 is 6.09 Å². The van der Waals surface area contributed by atoms with E-state index in [4.69, 9.17) is 5.11 Å². The van der Waals surface area contributed by atoms with Gasteiger partial charge in [0.2, 0.25) is 0 Å². The summed E-state index contributed by atoms with van der Waals surface area (Å²) in [6.07, 6.45) is -0.910. The molecular formula is C19H18IN3O4S. The van der Waals surface area contributed by atoms with Gasteiger partial charge < -0.3 is 14.9 Å². The Morgan fingerprint density at radius 3 is 2.29 bits per heavy atom. The van der Waals surface area contributed by atoms with E-state index >= 15 is 0 Å². The minimum absolute atomic E-state index is 0.242. The van der Waals surface area contributed by atoms with E-state index in [2.05, 4.69) is 4.90 Å². The van der Waals surface area contributed by atoms with E-state index in [0.717, 1.165) is 11.1 Å². The topological polar surface area (TPSA) is 82.8 Å². The molecule has 0 unspecified atom stereocenters. The van der Waals surface area contributed by atoms with Crippen LogP contribution in [0, 0.1) is 3.70 Å². The Bertz CT molecular complexity index is 1140. The number of amides is 1. The molecule has 0 saturated carbocycles. The lowest BCUT2D eigenvalue weighted by molar-refractivity contribution is 0.142. The van der Waals surface area contributed by atoms with Crippen molar-refractivity contribution >= 4 is 55.3 Å². The number of benzene rings is 2. The van der Waals surface area contributed by atoms with Gasteiger partial charge in [-0.1, -0.05) is 24.3 Å². The van der Waals surface area contributed by atoms with E-state index in [1.165, 1.54) is 8.87 Å². The van der Waals surface area contributed by atoms with Gasteiger partial charge in [-0.15, -0.1) is 0 Å². The second-order valence-corrected chi connectivity index (χ2v) is 9.41. The van der Waals surface area contributed by atoms with Gasteiger partial charge in [0.25, 0.3) is 10.0 Å². The maximum atomic E-state index is 13.2. The van der Waals surface area contributed by atoms with Gasteiger partial charge in [-0.2, -0.15) is 0 Å². The Morgan fingerprint density at radius 2 is 1.64 bits per heavy atom. The fraction of sp³-hybridized carbons (Fsp3) is 0.211. The highest BCUT2D eigenvalue weighted by molar-refractivity contribution is 14.1. The summed E-state index contributed by atoms with van der Waals surface area (Å²) in [5, 5.41) is 9.98. The minimum atomic E-state index is -3.72. The van der Waals surface area contributed by atoms with Crippen LogP contribution >= 0.6 is 22.6 Å². The lowest BCUT2D eigenvalue weighted by atomic mass is 10.2. The average Bonchev–Trinajstić information content (AvgIpc) is 3.05. The van der Waals surface area contributed by atoms with Gasteiger partial charge in [-0.3, -0.25) is 0 Å². The molecule has 1 aromatic heterocycles. The van der Waals surface area contributed by atoms with Gasteiger partial charge in [0.1, 0.15) is 0 Å². The molecule has 2 aromatic carbocycles. The van der Waals surface area contributed by atoms with Crippen molar-refractivity contribution < 1.29 is 18.3 Å². The molecule has 1 N–H and O–H groups in total. The van der Waals surface area contributed by atoms with Crippen LogP contribution in [0.2, 0.25) is 0 Å². The third-order valence-corrected chi connectivity index (χ3v) is 7.77. The predicted molar refractivity (Wildman–Crippen MR) is 115 cm³/mol. The van der Waals surface area contributed by atoms with Crippen molar-refractivity contribution in [2.75, 3.05) is 31.1 Å². The van der Waals surface area contributed by atoms with Gasteiger partial charge in [-0.05, 0) is 52.9 Å². The van der Waals surface area contributed by atoms with Crippen LogP contribution in [0.1, 0.15) is 0 Å². The number of nitrogens with zero attached hydrogens (tertiary/aromatic N) is 3. The summed E-state index contributed by atoms with van der Waals surface area (Å²) >= 11 is 2.04. The molecule has 146 valence electrons. The van der Waals surface area contributed by atoms with Gasteiger partial charge in [0.15, 0.2) is 0 Å². The highest BCUT2D eigenvalue weighted by Gasteiger charge is 2.26. The summed E-state index contributed by atoms with van der Waals surface area (Å²) in [5.41, 5.74) is 1.54. The maximum absolute atomic E-state index is 13.2. The molecule has 0 bridgehead atoms. The predicted octanol–water partition coefficient (Wildman–Crippen LogP) is 3.28. The second kappa shape index (κ2) is 7.28. The van der Waals surface area contributed by atoms with Crippen LogP contribution < -0.4 is 4.90 Å². The van der Waals surface area contributed by atoms with Crippen molar-refractivity contribution in [3.63, 3.8) is 0 Å². The lowest BCUT2D eigenvalue weighted by Crippen LogP contribution is -2.48. The molecule has 9 heteroatoms. The Balaban J connectivity index is 1.78. The first-order valence-electron chi connectivity index (χ1n) is 8.73. The zero-order chi connectivity index (χ0) is 19.9. The number of carbonyl (C=O) groups is 1. The average molecular weight is 511 g/mol. The monoisotopic (exact) mass is 511 g/mol. The molecule has 7 nitrogen and oxygen atoms in total. The summed E-state index contributed by atoms with van der Waals surface area (Å²) in [5.74, 6) is 0. The standard InChI is InChI=1S/C19H18IN3O4S/c20-18-13-15-16(21-9-11-22(12-10-21)19(24)25)7-4-8-17(15)23(18)28(26,27)14-5-2-1-3-6-14/h1-8,13H,9-12H2,(H,24,25). The molecule has 1 saturated heterocycles. The zero-order valence-corrected chi connectivity index (χ0v) is 17.8. The third-order valence-electron chi connectivity index (χ3n) is 4.91. The van der Waals surface area contributed by atoms with Crippen LogP contribution in [0.5, 0.6) is 0 Å². The van der Waals surface area contributed by atoms with Crippen molar-refractivity contribution in [2.45, 2.75) is 4.90 Å². The number of hydrogen-bond acceptors (Lipinski definition) is 4. The van der Waals surface area contributed by atoms with E-state index in [0.29, 0.717) is 35.4 Å². The highest BCUT2D eigenvalue weighted by atomic mass is 127. The molecule has 0 radical (unpaired) electrons. The molecule has 1 fully saturated rings. The number of piperazine rings is 1. The van der Waals surface area contributed by atoms with Gasteiger partial charge in [0.05, 0.1) is 14.1 Å². The molecule has 0 atom stereocenters. The fourth-order valence-corrected chi connectivity index (χ4v) is 6.28. The third kappa shape index (κ3) is 3.22. The lowest BCUT2D eigenvalue weighted by Gasteiger charge is -2.35. The Labute approximate surface area is 176 Å². The smallest absolute Gasteiger partial charge is 0.407 e. The van der Waals surface area contributed by atoms with Crippen molar-refractivity contribution in [1.82, 2.24) is 8.87 Å². The molecular weight excluding hydrogens is 493 g/mol. The maximum Gasteiger partial charge on any atom is 0.407 e. The Hall–Kier alpha value is -2.27. The number of aromatic nitrogens is 1. The van der Waals surface area contributed by atoms with Crippen LogP contribution in [-0.2, 0) is 10.0 Å². The van der Waals surface area contributed by atoms with Crippen LogP contribution in [0.3, 0.4) is 0 Å². The SMILES string of the molecule is O=C(O)N1CCN(c2cccc3c2cc(I)n3S(=O)(=O)c2ccccc2)CC1. The normalized spacial score (nSPS) is 15.2. The molecule has 2 heterocycles. The number of hydrogen-bond donors (Lipinski definition) is 1. The molecule has 0 aliphatic carbocycles.